The van der Waals surface area contributed by atoms with Gasteiger partial charge in [-0.3, -0.25) is 0 Å². The fraction of sp³-hybridized carbons (Fsp3) is 0.200. The van der Waals surface area contributed by atoms with E-state index in [0.717, 1.165) is 6.26 Å². The average Bonchev–Trinajstić information content (AvgIpc) is 3.03. The molecule has 25 heavy (non-hydrogen) atoms. The molecule has 0 unspecified atom stereocenters. The van der Waals surface area contributed by atoms with E-state index in [1.165, 1.54) is 18.3 Å². The van der Waals surface area contributed by atoms with Gasteiger partial charge in [-0.15, -0.1) is 10.2 Å². The van der Waals surface area contributed by atoms with Gasteiger partial charge in [0.05, 0.1) is 10.5 Å². The third-order valence-corrected chi connectivity index (χ3v) is 4.49. The maximum absolute atomic E-state index is 11.5. The maximum atomic E-state index is 11.5. The Morgan fingerprint density at radius 3 is 2.48 bits per heavy atom. The minimum atomic E-state index is -3.24. The fourth-order valence-corrected chi connectivity index (χ4v) is 2.67. The van der Waals surface area contributed by atoms with Gasteiger partial charge in [0.25, 0.3) is 5.89 Å². The van der Waals surface area contributed by atoms with Crippen molar-refractivity contribution in [2.45, 2.75) is 18.2 Å². The molecular formula is C15H16N6O3S. The number of nitrogen functional groups attached to an aromatic ring is 1. The summed E-state index contributed by atoms with van der Waals surface area (Å²) >= 11 is 0. The number of aryl methyl sites for hydroxylation is 1. The van der Waals surface area contributed by atoms with Crippen molar-refractivity contribution in [2.75, 3.05) is 17.3 Å². The molecule has 0 fully saturated rings. The molecule has 0 saturated heterocycles. The predicted molar refractivity (Wildman–Crippen MR) is 91.9 cm³/mol. The van der Waals surface area contributed by atoms with E-state index in [-0.39, 0.29) is 22.6 Å². The summed E-state index contributed by atoms with van der Waals surface area (Å²) in [4.78, 5) is 8.56. The van der Waals surface area contributed by atoms with Gasteiger partial charge >= 0.3 is 0 Å². The van der Waals surface area contributed by atoms with Gasteiger partial charge in [0.15, 0.2) is 9.84 Å². The van der Waals surface area contributed by atoms with Gasteiger partial charge in [-0.2, -0.15) is 4.98 Å². The van der Waals surface area contributed by atoms with Crippen LogP contribution < -0.4 is 11.1 Å². The highest BCUT2D eigenvalue weighted by molar-refractivity contribution is 7.90. The van der Waals surface area contributed by atoms with Gasteiger partial charge in [0.2, 0.25) is 11.8 Å². The second kappa shape index (κ2) is 6.48. The van der Waals surface area contributed by atoms with Crippen LogP contribution >= 0.6 is 0 Å². The second-order valence-corrected chi connectivity index (χ2v) is 7.28. The quantitative estimate of drug-likeness (QED) is 0.697. The molecule has 2 aromatic heterocycles. The highest BCUT2D eigenvalue weighted by atomic mass is 32.2. The Bertz CT molecular complexity index is 998. The summed E-state index contributed by atoms with van der Waals surface area (Å²) in [5.41, 5.74) is 7.02. The zero-order chi connectivity index (χ0) is 18.0. The van der Waals surface area contributed by atoms with Gasteiger partial charge in [-0.25, -0.2) is 13.4 Å². The normalized spacial score (nSPS) is 11.4. The van der Waals surface area contributed by atoms with E-state index in [1.54, 1.807) is 12.1 Å². The van der Waals surface area contributed by atoms with Crippen LogP contribution in [0.1, 0.15) is 12.8 Å². The molecule has 0 radical (unpaired) electrons. The SMILES string of the molecule is CCc1nnc(-c2cnc(Nc3ccc(S(C)(=O)=O)cc3)nc2N)o1. The van der Waals surface area contributed by atoms with Crippen LogP contribution in [0, 0.1) is 0 Å². The zero-order valence-corrected chi connectivity index (χ0v) is 14.4. The number of nitrogens with one attached hydrogen (secondary N) is 1. The minimum Gasteiger partial charge on any atom is -0.421 e. The summed E-state index contributed by atoms with van der Waals surface area (Å²) in [6.45, 7) is 1.90. The van der Waals surface area contributed by atoms with Gasteiger partial charge in [-0.05, 0) is 24.3 Å². The van der Waals surface area contributed by atoms with E-state index in [4.69, 9.17) is 10.2 Å². The molecule has 130 valence electrons. The third kappa shape index (κ3) is 3.74. The van der Waals surface area contributed by atoms with Gasteiger partial charge in [0.1, 0.15) is 5.82 Å². The van der Waals surface area contributed by atoms with Crippen molar-refractivity contribution in [3.8, 4) is 11.5 Å². The standard InChI is InChI=1S/C15H16N6O3S/c1-3-12-20-21-14(24-12)11-8-17-15(19-13(11)16)18-9-4-6-10(7-5-9)25(2,22)23/h4-8H,3H2,1-2H3,(H3,16,17,18,19). The third-order valence-electron chi connectivity index (χ3n) is 3.36. The van der Waals surface area contributed by atoms with Crippen LogP contribution in [0.5, 0.6) is 0 Å². The zero-order valence-electron chi connectivity index (χ0n) is 13.6. The van der Waals surface area contributed by atoms with Gasteiger partial charge < -0.3 is 15.5 Å². The molecule has 3 rings (SSSR count). The van der Waals surface area contributed by atoms with Gasteiger partial charge in [0, 0.05) is 24.6 Å². The molecule has 9 nitrogen and oxygen atoms in total. The number of nitrogens with two attached hydrogens (primary N) is 1. The largest absolute Gasteiger partial charge is 0.421 e. The molecule has 0 aliphatic heterocycles. The summed E-state index contributed by atoms with van der Waals surface area (Å²) in [5.74, 6) is 1.22. The lowest BCUT2D eigenvalue weighted by atomic mass is 10.3. The maximum Gasteiger partial charge on any atom is 0.253 e. The molecule has 3 aromatic rings. The van der Waals surface area contributed by atoms with Crippen molar-refractivity contribution in [3.63, 3.8) is 0 Å². The second-order valence-electron chi connectivity index (χ2n) is 5.27. The molecule has 0 atom stereocenters. The molecular weight excluding hydrogens is 344 g/mol. The Hall–Kier alpha value is -3.01. The highest BCUT2D eigenvalue weighted by Gasteiger charge is 2.13. The lowest BCUT2D eigenvalue weighted by Gasteiger charge is -2.07. The smallest absolute Gasteiger partial charge is 0.253 e. The molecule has 0 spiro atoms. The van der Waals surface area contributed by atoms with Crippen LogP contribution in [0.25, 0.3) is 11.5 Å². The van der Waals surface area contributed by atoms with E-state index < -0.39 is 9.84 Å². The Labute approximate surface area is 144 Å². The van der Waals surface area contributed by atoms with Crippen molar-refractivity contribution in [1.29, 1.82) is 0 Å². The van der Waals surface area contributed by atoms with Crippen LogP contribution in [-0.4, -0.2) is 34.8 Å². The summed E-state index contributed by atoms with van der Waals surface area (Å²) in [7, 11) is -3.24. The Morgan fingerprint density at radius 1 is 1.20 bits per heavy atom. The first-order chi connectivity index (χ1) is 11.9. The molecule has 2 heterocycles. The summed E-state index contributed by atoms with van der Waals surface area (Å²) < 4.78 is 28.4. The fourth-order valence-electron chi connectivity index (χ4n) is 2.04. The number of aromatic nitrogens is 4. The van der Waals surface area contributed by atoms with Crippen LogP contribution in [-0.2, 0) is 16.3 Å². The lowest BCUT2D eigenvalue weighted by molar-refractivity contribution is 0.512. The highest BCUT2D eigenvalue weighted by Crippen LogP contribution is 2.24. The van der Waals surface area contributed by atoms with E-state index >= 15 is 0 Å². The summed E-state index contributed by atoms with van der Waals surface area (Å²) in [6.07, 6.45) is 3.26. The molecule has 0 aliphatic rings. The van der Waals surface area contributed by atoms with Crippen molar-refractivity contribution >= 4 is 27.3 Å². The van der Waals surface area contributed by atoms with E-state index in [1.807, 2.05) is 6.92 Å². The Morgan fingerprint density at radius 2 is 1.92 bits per heavy atom. The van der Waals surface area contributed by atoms with Crippen molar-refractivity contribution in [1.82, 2.24) is 20.2 Å². The molecule has 3 N–H and O–H groups in total. The van der Waals surface area contributed by atoms with Crippen LogP contribution in [0.4, 0.5) is 17.5 Å². The van der Waals surface area contributed by atoms with Crippen LogP contribution in [0.3, 0.4) is 0 Å². The molecule has 0 aliphatic carbocycles. The predicted octanol–water partition coefficient (Wildman–Crippen LogP) is 1.82. The number of hydrogen-bond donors (Lipinski definition) is 2. The van der Waals surface area contributed by atoms with Crippen molar-refractivity contribution < 1.29 is 12.8 Å². The number of sulfone groups is 1. The van der Waals surface area contributed by atoms with E-state index in [9.17, 15) is 8.42 Å². The molecule has 0 amide bonds. The summed E-state index contributed by atoms with van der Waals surface area (Å²) in [6, 6.07) is 6.24. The van der Waals surface area contributed by atoms with Gasteiger partial charge in [-0.1, -0.05) is 6.92 Å². The molecule has 10 heteroatoms. The van der Waals surface area contributed by atoms with E-state index in [2.05, 4.69) is 25.5 Å². The number of rotatable bonds is 5. The van der Waals surface area contributed by atoms with Crippen molar-refractivity contribution in [2.24, 2.45) is 0 Å². The van der Waals surface area contributed by atoms with Crippen LogP contribution in [0.15, 0.2) is 39.8 Å². The molecule has 0 saturated carbocycles. The number of hydrogen-bond acceptors (Lipinski definition) is 9. The van der Waals surface area contributed by atoms with Crippen molar-refractivity contribution in [3.05, 3.63) is 36.4 Å². The molecule has 1 aromatic carbocycles. The lowest BCUT2D eigenvalue weighted by Crippen LogP contribution is -2.02. The van der Waals surface area contributed by atoms with E-state index in [0.29, 0.717) is 23.6 Å². The first-order valence-corrected chi connectivity index (χ1v) is 9.28. The average molecular weight is 360 g/mol. The first-order valence-electron chi connectivity index (χ1n) is 7.39. The Balaban J connectivity index is 1.81. The number of benzene rings is 1. The monoisotopic (exact) mass is 360 g/mol. The topological polar surface area (TPSA) is 137 Å². The first kappa shape index (κ1) is 16.8. The molecule has 0 bridgehead atoms. The number of nitrogens with zero attached hydrogens (tertiary/aromatic N) is 4. The minimum absolute atomic E-state index is 0.191. The van der Waals surface area contributed by atoms with Crippen LogP contribution in [0.2, 0.25) is 0 Å². The summed E-state index contributed by atoms with van der Waals surface area (Å²) in [5, 5.41) is 10.7. The number of anilines is 3. The Kier molecular flexibility index (Phi) is 4.36.